The van der Waals surface area contributed by atoms with Crippen molar-refractivity contribution >= 4 is 5.97 Å². The molecule has 2 N–H and O–H groups in total. The zero-order valence-corrected chi connectivity index (χ0v) is 6.51. The highest BCUT2D eigenvalue weighted by molar-refractivity contribution is 5.84. The van der Waals surface area contributed by atoms with Crippen LogP contribution >= 0.6 is 0 Å². The molecule has 12 heavy (non-hydrogen) atoms. The average Bonchev–Trinajstić information content (AvgIpc) is 2.34. The molecule has 0 spiro atoms. The Labute approximate surface area is 68.4 Å². The lowest BCUT2D eigenvalue weighted by molar-refractivity contribution is 0.0690. The Morgan fingerprint density at radius 1 is 1.83 bits per heavy atom. The van der Waals surface area contributed by atoms with Gasteiger partial charge < -0.3 is 10.2 Å². The van der Waals surface area contributed by atoms with E-state index in [4.69, 9.17) is 10.2 Å². The van der Waals surface area contributed by atoms with Gasteiger partial charge in [-0.25, -0.2) is 9.48 Å². The van der Waals surface area contributed by atoms with Gasteiger partial charge in [0.2, 0.25) is 0 Å². The van der Waals surface area contributed by atoms with Gasteiger partial charge in [-0.1, -0.05) is 5.21 Å². The number of aliphatic hydroxyl groups is 1. The van der Waals surface area contributed by atoms with Crippen molar-refractivity contribution in [2.45, 2.75) is 19.6 Å². The lowest BCUT2D eigenvalue weighted by Crippen LogP contribution is -2.12. The highest BCUT2D eigenvalue weighted by Crippen LogP contribution is 1.94. The number of aromatic nitrogens is 3. The Hall–Kier alpha value is -1.43. The monoisotopic (exact) mass is 171 g/mol. The number of carboxylic acids is 1. The van der Waals surface area contributed by atoms with E-state index in [9.17, 15) is 4.79 Å². The Bertz CT molecular complexity index is 281. The SMILES string of the molecule is C[C@H](O)Cn1cc(C(=O)O)nn1. The van der Waals surface area contributed by atoms with Crippen LogP contribution in [0.1, 0.15) is 17.4 Å². The van der Waals surface area contributed by atoms with Crippen molar-refractivity contribution in [3.63, 3.8) is 0 Å². The molecule has 1 atom stereocenters. The first-order valence-electron chi connectivity index (χ1n) is 3.41. The largest absolute Gasteiger partial charge is 0.476 e. The van der Waals surface area contributed by atoms with Gasteiger partial charge in [-0.15, -0.1) is 5.10 Å². The molecule has 1 aromatic heterocycles. The van der Waals surface area contributed by atoms with Crippen molar-refractivity contribution < 1.29 is 15.0 Å². The third kappa shape index (κ3) is 2.03. The Morgan fingerprint density at radius 3 is 2.92 bits per heavy atom. The number of hydrogen-bond donors (Lipinski definition) is 2. The Balaban J connectivity index is 2.71. The Morgan fingerprint density at radius 2 is 2.50 bits per heavy atom. The highest BCUT2D eigenvalue weighted by Gasteiger charge is 2.08. The van der Waals surface area contributed by atoms with Crippen LogP contribution in [0.5, 0.6) is 0 Å². The molecule has 0 bridgehead atoms. The summed E-state index contributed by atoms with van der Waals surface area (Å²) in [7, 11) is 0. The van der Waals surface area contributed by atoms with Crippen LogP contribution in [0.3, 0.4) is 0 Å². The molecule has 1 rings (SSSR count). The van der Waals surface area contributed by atoms with Crippen LogP contribution in [0.4, 0.5) is 0 Å². The number of nitrogens with zero attached hydrogens (tertiary/aromatic N) is 3. The summed E-state index contributed by atoms with van der Waals surface area (Å²) in [6.07, 6.45) is 0.711. The van der Waals surface area contributed by atoms with Gasteiger partial charge in [-0.2, -0.15) is 0 Å². The molecule has 0 fully saturated rings. The molecular formula is C6H9N3O3. The molecule has 0 aromatic carbocycles. The second kappa shape index (κ2) is 3.31. The second-order valence-electron chi connectivity index (χ2n) is 2.48. The van der Waals surface area contributed by atoms with E-state index in [-0.39, 0.29) is 12.2 Å². The zero-order valence-electron chi connectivity index (χ0n) is 6.51. The van der Waals surface area contributed by atoms with Crippen LogP contribution in [-0.4, -0.2) is 37.3 Å². The van der Waals surface area contributed by atoms with Crippen LogP contribution in [0.15, 0.2) is 6.20 Å². The predicted octanol–water partition coefficient (Wildman–Crippen LogP) is -0.643. The number of carbonyl (C=O) groups is 1. The summed E-state index contributed by atoms with van der Waals surface area (Å²) in [5, 5.41) is 24.2. The third-order valence-corrected chi connectivity index (χ3v) is 1.21. The molecule has 6 nitrogen and oxygen atoms in total. The topological polar surface area (TPSA) is 88.2 Å². The first-order valence-corrected chi connectivity index (χ1v) is 3.41. The molecule has 0 saturated heterocycles. The second-order valence-corrected chi connectivity index (χ2v) is 2.48. The number of rotatable bonds is 3. The van der Waals surface area contributed by atoms with E-state index in [1.807, 2.05) is 0 Å². The van der Waals surface area contributed by atoms with Crippen molar-refractivity contribution in [3.05, 3.63) is 11.9 Å². The molecule has 0 saturated carbocycles. The zero-order chi connectivity index (χ0) is 9.14. The van der Waals surface area contributed by atoms with Gasteiger partial charge in [-0.05, 0) is 6.92 Å². The minimum Gasteiger partial charge on any atom is -0.476 e. The van der Waals surface area contributed by atoms with Gasteiger partial charge in [0.15, 0.2) is 5.69 Å². The minimum absolute atomic E-state index is 0.115. The van der Waals surface area contributed by atoms with E-state index >= 15 is 0 Å². The summed E-state index contributed by atoms with van der Waals surface area (Å²) in [4.78, 5) is 10.3. The summed E-state index contributed by atoms with van der Waals surface area (Å²) in [6.45, 7) is 1.84. The van der Waals surface area contributed by atoms with Crippen LogP contribution < -0.4 is 0 Å². The molecule has 1 aromatic rings. The molecule has 66 valence electrons. The predicted molar refractivity (Wildman–Crippen MR) is 38.7 cm³/mol. The first-order chi connectivity index (χ1) is 5.59. The number of hydrogen-bond acceptors (Lipinski definition) is 4. The summed E-state index contributed by atoms with van der Waals surface area (Å²) in [5.74, 6) is -1.12. The van der Waals surface area contributed by atoms with Gasteiger partial charge in [0.1, 0.15) is 0 Å². The maximum Gasteiger partial charge on any atom is 0.358 e. The van der Waals surface area contributed by atoms with E-state index in [1.54, 1.807) is 6.92 Å². The summed E-state index contributed by atoms with van der Waals surface area (Å²) >= 11 is 0. The van der Waals surface area contributed by atoms with Crippen molar-refractivity contribution in [2.75, 3.05) is 0 Å². The van der Waals surface area contributed by atoms with E-state index in [1.165, 1.54) is 10.9 Å². The van der Waals surface area contributed by atoms with Gasteiger partial charge in [0.25, 0.3) is 0 Å². The molecule has 0 aliphatic rings. The van der Waals surface area contributed by atoms with E-state index in [0.717, 1.165) is 0 Å². The molecule has 0 unspecified atom stereocenters. The van der Waals surface area contributed by atoms with Crippen LogP contribution in [0.2, 0.25) is 0 Å². The van der Waals surface area contributed by atoms with E-state index in [0.29, 0.717) is 0 Å². The molecule has 0 radical (unpaired) electrons. The lowest BCUT2D eigenvalue weighted by Gasteiger charge is -2.00. The average molecular weight is 171 g/mol. The number of aromatic carboxylic acids is 1. The van der Waals surface area contributed by atoms with Crippen LogP contribution in [0, 0.1) is 0 Å². The van der Waals surface area contributed by atoms with E-state index in [2.05, 4.69) is 10.3 Å². The Kier molecular flexibility index (Phi) is 2.39. The maximum absolute atomic E-state index is 10.3. The molecule has 0 amide bonds. The smallest absolute Gasteiger partial charge is 0.358 e. The fraction of sp³-hybridized carbons (Fsp3) is 0.500. The standard InChI is InChI=1S/C6H9N3O3/c1-4(10)2-9-3-5(6(11)12)7-8-9/h3-4,10H,2H2,1H3,(H,11,12)/t4-/m0/s1. The molecule has 0 aliphatic carbocycles. The van der Waals surface area contributed by atoms with Gasteiger partial charge >= 0.3 is 5.97 Å². The van der Waals surface area contributed by atoms with Gasteiger partial charge in [-0.3, -0.25) is 0 Å². The van der Waals surface area contributed by atoms with Crippen molar-refractivity contribution in [1.29, 1.82) is 0 Å². The number of aliphatic hydroxyl groups excluding tert-OH is 1. The molecule has 6 heteroatoms. The first kappa shape index (κ1) is 8.66. The van der Waals surface area contributed by atoms with Crippen LogP contribution in [-0.2, 0) is 6.54 Å². The van der Waals surface area contributed by atoms with Gasteiger partial charge in [0.05, 0.1) is 18.8 Å². The quantitative estimate of drug-likeness (QED) is 0.631. The molecule has 1 heterocycles. The summed E-state index contributed by atoms with van der Waals surface area (Å²) < 4.78 is 1.29. The van der Waals surface area contributed by atoms with Crippen molar-refractivity contribution in [3.8, 4) is 0 Å². The van der Waals surface area contributed by atoms with Crippen molar-refractivity contribution in [2.24, 2.45) is 0 Å². The third-order valence-electron chi connectivity index (χ3n) is 1.21. The van der Waals surface area contributed by atoms with Crippen molar-refractivity contribution in [1.82, 2.24) is 15.0 Å². The summed E-state index contributed by atoms with van der Waals surface area (Å²) in [5.41, 5.74) is -0.115. The highest BCUT2D eigenvalue weighted by atomic mass is 16.4. The molecule has 0 aliphatic heterocycles. The minimum atomic E-state index is -1.12. The maximum atomic E-state index is 10.3. The fourth-order valence-electron chi connectivity index (χ4n) is 0.756. The molecular weight excluding hydrogens is 162 g/mol. The number of carboxylic acid groups (broad SMARTS) is 1. The van der Waals surface area contributed by atoms with E-state index < -0.39 is 12.1 Å². The van der Waals surface area contributed by atoms with Crippen LogP contribution in [0.25, 0.3) is 0 Å². The lowest BCUT2D eigenvalue weighted by atomic mass is 10.4. The fourth-order valence-corrected chi connectivity index (χ4v) is 0.756. The van der Waals surface area contributed by atoms with Gasteiger partial charge in [0, 0.05) is 0 Å². The summed E-state index contributed by atoms with van der Waals surface area (Å²) in [6, 6.07) is 0. The normalized spacial score (nSPS) is 12.8.